The zero-order valence-corrected chi connectivity index (χ0v) is 13.1. The Morgan fingerprint density at radius 1 is 1.24 bits per heavy atom. The van der Waals surface area contributed by atoms with E-state index < -0.39 is 8.32 Å². The van der Waals surface area contributed by atoms with E-state index in [9.17, 15) is 0 Å². The van der Waals surface area contributed by atoms with E-state index in [2.05, 4.69) is 52.8 Å². The van der Waals surface area contributed by atoms with Crippen molar-refractivity contribution in [3.05, 3.63) is 23.8 Å². The van der Waals surface area contributed by atoms with Crippen molar-refractivity contribution < 1.29 is 4.43 Å². The van der Waals surface area contributed by atoms with Gasteiger partial charge in [0.1, 0.15) is 0 Å². The van der Waals surface area contributed by atoms with Crippen molar-refractivity contribution in [2.24, 2.45) is 5.92 Å². The van der Waals surface area contributed by atoms with Gasteiger partial charge in [0.2, 0.25) is 0 Å². The fourth-order valence-corrected chi connectivity index (χ4v) is 5.44. The standard InChI is InChI=1S/C15H28OSi/c1-6-17(7-2,8-3)16-15-12-10-13(4)9-11-14(15)5/h9-11,14-15H,6-8,12H2,1-5H3/t14-,15+/m0/s1. The van der Waals surface area contributed by atoms with Gasteiger partial charge < -0.3 is 4.43 Å². The molecular weight excluding hydrogens is 224 g/mol. The SMILES string of the molecule is CC[Si](CC)(CC)O[C@@H]1CC=C(C)C=C[C@@H]1C. The first-order valence-corrected chi connectivity index (χ1v) is 9.62. The largest absolute Gasteiger partial charge is 0.413 e. The number of allylic oxidation sites excluding steroid dienone is 2. The highest BCUT2D eigenvalue weighted by atomic mass is 28.4. The van der Waals surface area contributed by atoms with Gasteiger partial charge >= 0.3 is 0 Å². The molecular formula is C15H28OSi. The van der Waals surface area contributed by atoms with Crippen molar-refractivity contribution in [1.29, 1.82) is 0 Å². The van der Waals surface area contributed by atoms with E-state index in [1.807, 2.05) is 0 Å². The molecule has 0 amide bonds. The Hall–Kier alpha value is -0.343. The van der Waals surface area contributed by atoms with Crippen LogP contribution in [0.25, 0.3) is 0 Å². The Balaban J connectivity index is 2.75. The zero-order chi connectivity index (χ0) is 12.9. The van der Waals surface area contributed by atoms with Crippen molar-refractivity contribution in [3.63, 3.8) is 0 Å². The van der Waals surface area contributed by atoms with Crippen molar-refractivity contribution in [2.75, 3.05) is 0 Å². The first-order valence-electron chi connectivity index (χ1n) is 7.09. The molecule has 0 aromatic heterocycles. The molecule has 0 unspecified atom stereocenters. The van der Waals surface area contributed by atoms with Crippen molar-refractivity contribution in [2.45, 2.75) is 65.3 Å². The second-order valence-electron chi connectivity index (χ2n) is 5.30. The third kappa shape index (κ3) is 3.82. The van der Waals surface area contributed by atoms with E-state index in [4.69, 9.17) is 4.43 Å². The molecule has 17 heavy (non-hydrogen) atoms. The van der Waals surface area contributed by atoms with Gasteiger partial charge in [-0.05, 0) is 37.4 Å². The number of rotatable bonds is 5. The van der Waals surface area contributed by atoms with Crippen LogP contribution >= 0.6 is 0 Å². The molecule has 0 aromatic rings. The molecule has 98 valence electrons. The van der Waals surface area contributed by atoms with E-state index in [0.29, 0.717) is 12.0 Å². The van der Waals surface area contributed by atoms with Crippen LogP contribution in [0.1, 0.15) is 41.0 Å². The van der Waals surface area contributed by atoms with E-state index in [1.165, 1.54) is 23.7 Å². The summed E-state index contributed by atoms with van der Waals surface area (Å²) in [6.07, 6.45) is 8.35. The quantitative estimate of drug-likeness (QED) is 0.631. The van der Waals surface area contributed by atoms with Crippen LogP contribution in [0.4, 0.5) is 0 Å². The van der Waals surface area contributed by atoms with Crippen molar-refractivity contribution in [3.8, 4) is 0 Å². The van der Waals surface area contributed by atoms with Gasteiger partial charge in [0.25, 0.3) is 0 Å². The summed E-state index contributed by atoms with van der Waals surface area (Å²) in [7, 11) is -1.45. The highest BCUT2D eigenvalue weighted by Gasteiger charge is 2.33. The minimum absolute atomic E-state index is 0.398. The lowest BCUT2D eigenvalue weighted by atomic mass is 10.0. The third-order valence-electron chi connectivity index (χ3n) is 4.26. The Morgan fingerprint density at radius 2 is 1.82 bits per heavy atom. The fraction of sp³-hybridized carbons (Fsp3) is 0.733. The summed E-state index contributed by atoms with van der Waals surface area (Å²) in [5.74, 6) is 0.542. The summed E-state index contributed by atoms with van der Waals surface area (Å²) < 4.78 is 6.61. The van der Waals surface area contributed by atoms with Gasteiger partial charge in [-0.1, -0.05) is 51.5 Å². The monoisotopic (exact) mass is 252 g/mol. The molecule has 0 aliphatic heterocycles. The topological polar surface area (TPSA) is 9.23 Å². The van der Waals surface area contributed by atoms with Gasteiger partial charge in [-0.2, -0.15) is 0 Å². The lowest BCUT2D eigenvalue weighted by Gasteiger charge is -2.34. The number of hydrogen-bond donors (Lipinski definition) is 0. The van der Waals surface area contributed by atoms with Crippen LogP contribution in [0.2, 0.25) is 18.1 Å². The van der Waals surface area contributed by atoms with E-state index in [1.54, 1.807) is 0 Å². The van der Waals surface area contributed by atoms with E-state index in [-0.39, 0.29) is 0 Å². The first-order chi connectivity index (χ1) is 8.06. The van der Waals surface area contributed by atoms with Gasteiger partial charge in [-0.3, -0.25) is 0 Å². The Morgan fingerprint density at radius 3 is 2.35 bits per heavy atom. The molecule has 1 nitrogen and oxygen atoms in total. The molecule has 0 bridgehead atoms. The maximum absolute atomic E-state index is 6.61. The average molecular weight is 252 g/mol. The maximum Gasteiger partial charge on any atom is 0.192 e. The molecule has 0 spiro atoms. The molecule has 1 aliphatic rings. The van der Waals surface area contributed by atoms with Crippen LogP contribution in [0, 0.1) is 5.92 Å². The van der Waals surface area contributed by atoms with Crippen LogP contribution in [0.5, 0.6) is 0 Å². The molecule has 0 aromatic carbocycles. The summed E-state index contributed by atoms with van der Waals surface area (Å²) in [4.78, 5) is 0. The second-order valence-corrected chi connectivity index (χ2v) is 10.0. The van der Waals surface area contributed by atoms with Gasteiger partial charge in [-0.25, -0.2) is 0 Å². The van der Waals surface area contributed by atoms with E-state index >= 15 is 0 Å². The molecule has 0 N–H and O–H groups in total. The lowest BCUT2D eigenvalue weighted by Crippen LogP contribution is -2.41. The minimum Gasteiger partial charge on any atom is -0.413 e. The number of hydrogen-bond acceptors (Lipinski definition) is 1. The van der Waals surface area contributed by atoms with Crippen LogP contribution < -0.4 is 0 Å². The van der Waals surface area contributed by atoms with Crippen LogP contribution in [0.15, 0.2) is 23.8 Å². The summed E-state index contributed by atoms with van der Waals surface area (Å²) in [5.41, 5.74) is 1.37. The second kappa shape index (κ2) is 6.55. The summed E-state index contributed by atoms with van der Waals surface area (Å²) in [6.45, 7) is 11.4. The minimum atomic E-state index is -1.45. The molecule has 2 atom stereocenters. The third-order valence-corrected chi connectivity index (χ3v) is 8.92. The molecule has 0 saturated heterocycles. The molecule has 0 fully saturated rings. The molecule has 0 radical (unpaired) electrons. The smallest absolute Gasteiger partial charge is 0.192 e. The maximum atomic E-state index is 6.61. The Bertz CT molecular complexity index is 281. The van der Waals surface area contributed by atoms with Crippen molar-refractivity contribution in [1.82, 2.24) is 0 Å². The van der Waals surface area contributed by atoms with Crippen LogP contribution in [-0.2, 0) is 4.43 Å². The average Bonchev–Trinajstić information content (AvgIpc) is 2.51. The van der Waals surface area contributed by atoms with E-state index in [0.717, 1.165) is 6.42 Å². The molecule has 1 rings (SSSR count). The molecule has 1 aliphatic carbocycles. The van der Waals surface area contributed by atoms with Crippen LogP contribution in [0.3, 0.4) is 0 Å². The molecule has 0 heterocycles. The summed E-state index contributed by atoms with van der Waals surface area (Å²) in [6, 6.07) is 3.74. The van der Waals surface area contributed by atoms with Gasteiger partial charge in [0, 0.05) is 0 Å². The summed E-state index contributed by atoms with van der Waals surface area (Å²) >= 11 is 0. The molecule has 2 heteroatoms. The highest BCUT2D eigenvalue weighted by molar-refractivity contribution is 6.73. The summed E-state index contributed by atoms with van der Waals surface area (Å²) in [5, 5.41) is 0. The van der Waals surface area contributed by atoms with Gasteiger partial charge in [0.05, 0.1) is 6.10 Å². The fourth-order valence-electron chi connectivity index (χ4n) is 2.49. The highest BCUT2D eigenvalue weighted by Crippen LogP contribution is 2.29. The zero-order valence-electron chi connectivity index (χ0n) is 12.1. The van der Waals surface area contributed by atoms with Gasteiger partial charge in [0.15, 0.2) is 8.32 Å². The molecule has 0 saturated carbocycles. The van der Waals surface area contributed by atoms with Crippen LogP contribution in [-0.4, -0.2) is 14.4 Å². The van der Waals surface area contributed by atoms with Gasteiger partial charge in [-0.15, -0.1) is 0 Å². The normalized spacial score (nSPS) is 25.6. The predicted octanol–water partition coefficient (Wildman–Crippen LogP) is 4.92. The Kier molecular flexibility index (Phi) is 5.67. The predicted molar refractivity (Wildman–Crippen MR) is 78.7 cm³/mol. The van der Waals surface area contributed by atoms with Crippen molar-refractivity contribution >= 4 is 8.32 Å². The Labute approximate surface area is 108 Å². The lowest BCUT2D eigenvalue weighted by molar-refractivity contribution is 0.154. The first kappa shape index (κ1) is 14.7.